The molecule has 1 saturated heterocycles. The topological polar surface area (TPSA) is 60.2 Å². The van der Waals surface area contributed by atoms with Gasteiger partial charge in [-0.2, -0.15) is 5.26 Å². The minimum Gasteiger partial charge on any atom is -0.352 e. The van der Waals surface area contributed by atoms with Crippen LogP contribution in [0.4, 0.5) is 5.82 Å². The summed E-state index contributed by atoms with van der Waals surface area (Å²) in [4.78, 5) is 22.0. The highest BCUT2D eigenvalue weighted by molar-refractivity contribution is 5.89. The van der Waals surface area contributed by atoms with Crippen molar-refractivity contribution in [3.8, 4) is 6.07 Å². The fourth-order valence-corrected chi connectivity index (χ4v) is 4.52. The Bertz CT molecular complexity index is 844. The number of carbonyl (C=O) groups excluding carboxylic acids is 1. The van der Waals surface area contributed by atoms with Gasteiger partial charge in [0.15, 0.2) is 0 Å². The van der Waals surface area contributed by atoms with Gasteiger partial charge in [-0.1, -0.05) is 43.2 Å². The fourth-order valence-electron chi connectivity index (χ4n) is 4.52. The number of anilines is 1. The first-order chi connectivity index (χ1) is 13.2. The molecule has 5 nitrogen and oxygen atoms in total. The molecule has 1 amide bonds. The first-order valence-corrected chi connectivity index (χ1v) is 9.69. The van der Waals surface area contributed by atoms with E-state index in [0.29, 0.717) is 31.7 Å². The summed E-state index contributed by atoms with van der Waals surface area (Å²) < 4.78 is 0. The number of nitrogens with zero attached hydrogens (tertiary/aromatic N) is 4. The zero-order chi connectivity index (χ0) is 18.7. The molecule has 0 spiro atoms. The van der Waals surface area contributed by atoms with Gasteiger partial charge in [0.05, 0.1) is 11.0 Å². The largest absolute Gasteiger partial charge is 0.352 e. The monoisotopic (exact) mass is 360 g/mol. The Labute approximate surface area is 160 Å². The first-order valence-electron chi connectivity index (χ1n) is 9.69. The molecule has 27 heavy (non-hydrogen) atoms. The van der Waals surface area contributed by atoms with E-state index < -0.39 is 0 Å². The van der Waals surface area contributed by atoms with Crippen molar-refractivity contribution in [2.45, 2.75) is 31.1 Å². The van der Waals surface area contributed by atoms with Crippen LogP contribution in [0.2, 0.25) is 0 Å². The predicted octanol–water partition coefficient (Wildman–Crippen LogP) is 3.11. The third-order valence-electron chi connectivity index (χ3n) is 5.97. The molecule has 0 bridgehead atoms. The van der Waals surface area contributed by atoms with Crippen molar-refractivity contribution < 1.29 is 4.79 Å². The van der Waals surface area contributed by atoms with E-state index >= 15 is 0 Å². The number of piperazine rings is 1. The number of carbonyl (C=O) groups is 1. The van der Waals surface area contributed by atoms with Crippen molar-refractivity contribution in [3.63, 3.8) is 0 Å². The molecule has 1 aliphatic heterocycles. The van der Waals surface area contributed by atoms with Gasteiger partial charge in [0.1, 0.15) is 11.9 Å². The number of aromatic nitrogens is 1. The van der Waals surface area contributed by atoms with Crippen LogP contribution in [0.25, 0.3) is 0 Å². The minimum absolute atomic E-state index is 0.271. The molecule has 1 aliphatic carbocycles. The lowest BCUT2D eigenvalue weighted by Gasteiger charge is -2.40. The van der Waals surface area contributed by atoms with Gasteiger partial charge >= 0.3 is 0 Å². The Morgan fingerprint density at radius 2 is 1.70 bits per heavy atom. The van der Waals surface area contributed by atoms with E-state index in [1.807, 2.05) is 23.1 Å². The molecule has 2 heterocycles. The number of amides is 1. The summed E-state index contributed by atoms with van der Waals surface area (Å²) in [7, 11) is 0. The zero-order valence-corrected chi connectivity index (χ0v) is 15.5. The second-order valence-corrected chi connectivity index (χ2v) is 7.42. The summed E-state index contributed by atoms with van der Waals surface area (Å²) in [5.41, 5.74) is 1.40. The Balaban J connectivity index is 1.51. The van der Waals surface area contributed by atoms with Gasteiger partial charge < -0.3 is 9.80 Å². The highest BCUT2D eigenvalue weighted by atomic mass is 16.2. The van der Waals surface area contributed by atoms with Gasteiger partial charge in [-0.3, -0.25) is 4.79 Å². The molecule has 0 N–H and O–H groups in total. The Morgan fingerprint density at radius 3 is 2.37 bits per heavy atom. The van der Waals surface area contributed by atoms with E-state index in [2.05, 4.69) is 28.1 Å². The summed E-state index contributed by atoms with van der Waals surface area (Å²) in [6.45, 7) is 2.77. The molecule has 2 aromatic rings. The number of pyridine rings is 1. The van der Waals surface area contributed by atoms with Crippen molar-refractivity contribution in [1.82, 2.24) is 9.88 Å². The van der Waals surface area contributed by atoms with E-state index in [9.17, 15) is 10.1 Å². The third-order valence-corrected chi connectivity index (χ3v) is 5.97. The normalized spacial score (nSPS) is 18.9. The third kappa shape index (κ3) is 3.16. The number of benzene rings is 1. The predicted molar refractivity (Wildman–Crippen MR) is 104 cm³/mol. The van der Waals surface area contributed by atoms with Gasteiger partial charge in [-0.15, -0.1) is 0 Å². The first kappa shape index (κ1) is 17.5. The molecule has 2 aliphatic rings. The molecule has 0 radical (unpaired) electrons. The van der Waals surface area contributed by atoms with Crippen LogP contribution in [-0.2, 0) is 10.2 Å². The molecule has 0 unspecified atom stereocenters. The van der Waals surface area contributed by atoms with E-state index in [0.717, 1.165) is 37.1 Å². The number of nitriles is 1. The van der Waals surface area contributed by atoms with Gasteiger partial charge in [0.25, 0.3) is 0 Å². The average molecular weight is 360 g/mol. The van der Waals surface area contributed by atoms with Crippen LogP contribution in [0.5, 0.6) is 0 Å². The lowest BCUT2D eigenvalue weighted by atomic mass is 9.77. The quantitative estimate of drug-likeness (QED) is 0.844. The summed E-state index contributed by atoms with van der Waals surface area (Å²) in [5, 5.41) is 9.31. The van der Waals surface area contributed by atoms with Crippen LogP contribution in [0.1, 0.15) is 36.8 Å². The maximum atomic E-state index is 13.5. The van der Waals surface area contributed by atoms with Crippen molar-refractivity contribution in [2.75, 3.05) is 31.1 Å². The molecule has 1 aromatic heterocycles. The summed E-state index contributed by atoms with van der Waals surface area (Å²) in [6.07, 6.45) is 5.82. The zero-order valence-electron chi connectivity index (χ0n) is 15.5. The Kier molecular flexibility index (Phi) is 4.81. The SMILES string of the molecule is N#Cc1cccnc1N1CCN(C(=O)C2(c3ccccc3)CCCC2)CC1. The van der Waals surface area contributed by atoms with Crippen LogP contribution in [-0.4, -0.2) is 42.0 Å². The second kappa shape index (κ2) is 7.40. The van der Waals surface area contributed by atoms with Crippen molar-refractivity contribution in [1.29, 1.82) is 5.26 Å². The summed E-state index contributed by atoms with van der Waals surface area (Å²) >= 11 is 0. The Hall–Kier alpha value is -2.87. The summed E-state index contributed by atoms with van der Waals surface area (Å²) in [6, 6.07) is 16.1. The molecule has 0 atom stereocenters. The Morgan fingerprint density at radius 1 is 1.00 bits per heavy atom. The van der Waals surface area contributed by atoms with E-state index in [1.165, 1.54) is 0 Å². The van der Waals surface area contributed by atoms with Crippen molar-refractivity contribution in [3.05, 3.63) is 59.8 Å². The number of rotatable bonds is 3. The van der Waals surface area contributed by atoms with Crippen LogP contribution in [0.3, 0.4) is 0 Å². The van der Waals surface area contributed by atoms with E-state index in [-0.39, 0.29) is 11.3 Å². The lowest BCUT2D eigenvalue weighted by molar-refractivity contribution is -0.137. The van der Waals surface area contributed by atoms with Crippen LogP contribution in [0.15, 0.2) is 48.7 Å². The maximum absolute atomic E-state index is 13.5. The lowest BCUT2D eigenvalue weighted by Crippen LogP contribution is -2.54. The van der Waals surface area contributed by atoms with Crippen LogP contribution < -0.4 is 4.90 Å². The van der Waals surface area contributed by atoms with Gasteiger partial charge in [-0.05, 0) is 30.5 Å². The molecule has 1 saturated carbocycles. The number of hydrogen-bond donors (Lipinski definition) is 0. The van der Waals surface area contributed by atoms with Gasteiger partial charge in [0.2, 0.25) is 5.91 Å². The molecule has 1 aromatic carbocycles. The molecular formula is C22H24N4O. The van der Waals surface area contributed by atoms with Crippen molar-refractivity contribution in [2.24, 2.45) is 0 Å². The summed E-state index contributed by atoms with van der Waals surface area (Å²) in [5.74, 6) is 0.998. The van der Waals surface area contributed by atoms with Crippen LogP contribution >= 0.6 is 0 Å². The number of hydrogen-bond acceptors (Lipinski definition) is 4. The second-order valence-electron chi connectivity index (χ2n) is 7.42. The van der Waals surface area contributed by atoms with Crippen molar-refractivity contribution >= 4 is 11.7 Å². The minimum atomic E-state index is -0.355. The smallest absolute Gasteiger partial charge is 0.233 e. The van der Waals surface area contributed by atoms with E-state index in [4.69, 9.17) is 0 Å². The van der Waals surface area contributed by atoms with Crippen LogP contribution in [0, 0.1) is 11.3 Å². The highest BCUT2D eigenvalue weighted by Crippen LogP contribution is 2.42. The molecule has 5 heteroatoms. The standard InChI is InChI=1S/C22H24N4O/c23-17-18-7-6-12-24-20(18)25-13-15-26(16-14-25)21(27)22(10-4-5-11-22)19-8-2-1-3-9-19/h1-3,6-9,12H,4-5,10-11,13-16H2. The molecular weight excluding hydrogens is 336 g/mol. The van der Waals surface area contributed by atoms with E-state index in [1.54, 1.807) is 18.3 Å². The average Bonchev–Trinajstić information content (AvgIpc) is 3.25. The molecule has 2 fully saturated rings. The fraction of sp³-hybridized carbons (Fsp3) is 0.409. The molecule has 138 valence electrons. The van der Waals surface area contributed by atoms with Gasteiger partial charge in [0, 0.05) is 32.4 Å². The highest BCUT2D eigenvalue weighted by Gasteiger charge is 2.45. The van der Waals surface area contributed by atoms with Gasteiger partial charge in [-0.25, -0.2) is 4.98 Å². The molecule has 4 rings (SSSR count). The maximum Gasteiger partial charge on any atom is 0.233 e.